The van der Waals surface area contributed by atoms with Crippen LogP contribution < -0.4 is 4.74 Å². The first kappa shape index (κ1) is 24.8. The summed E-state index contributed by atoms with van der Waals surface area (Å²) in [7, 11) is 0. The largest absolute Gasteiger partial charge is 0.475 e. The van der Waals surface area contributed by atoms with E-state index in [-0.39, 0.29) is 24.4 Å². The van der Waals surface area contributed by atoms with Crippen LogP contribution in [0.5, 0.6) is 5.88 Å². The van der Waals surface area contributed by atoms with Crippen LogP contribution in [0, 0.1) is 0 Å². The number of amides is 1. The molecule has 0 radical (unpaired) electrons. The van der Waals surface area contributed by atoms with Crippen LogP contribution in [0.25, 0.3) is 0 Å². The van der Waals surface area contributed by atoms with Crippen molar-refractivity contribution in [3.8, 4) is 5.88 Å². The number of aliphatic imine (C=N–C) groups is 1. The summed E-state index contributed by atoms with van der Waals surface area (Å²) < 4.78 is 43.5. The summed E-state index contributed by atoms with van der Waals surface area (Å²) in [5, 5.41) is 0. The van der Waals surface area contributed by atoms with Crippen LogP contribution in [0.4, 0.5) is 13.2 Å². The fourth-order valence-corrected chi connectivity index (χ4v) is 3.01. The summed E-state index contributed by atoms with van der Waals surface area (Å²) in [5.74, 6) is -0.132. The molecule has 0 N–H and O–H groups in total. The maximum Gasteiger partial charge on any atom is 0.417 e. The van der Waals surface area contributed by atoms with Crippen LogP contribution in [0.2, 0.25) is 0 Å². The third-order valence-corrected chi connectivity index (χ3v) is 4.71. The normalized spacial score (nSPS) is 13.1. The molecular formula is C24H26F3N3O2. The van der Waals surface area contributed by atoms with Crippen LogP contribution in [-0.4, -0.2) is 40.7 Å². The lowest BCUT2D eigenvalue weighted by Gasteiger charge is -2.28. The van der Waals surface area contributed by atoms with Crippen molar-refractivity contribution < 1.29 is 22.7 Å². The molecule has 0 aliphatic rings. The summed E-state index contributed by atoms with van der Waals surface area (Å²) in [4.78, 5) is 23.0. The van der Waals surface area contributed by atoms with Gasteiger partial charge in [0.25, 0.3) is 5.91 Å². The summed E-state index contributed by atoms with van der Waals surface area (Å²) in [6.07, 6.45) is 1.18. The van der Waals surface area contributed by atoms with Gasteiger partial charge in [-0.05, 0) is 39.0 Å². The molecule has 1 heterocycles. The smallest absolute Gasteiger partial charge is 0.417 e. The molecule has 1 amide bonds. The number of halogens is 3. The van der Waals surface area contributed by atoms with Gasteiger partial charge in [0.05, 0.1) is 11.6 Å². The Labute approximate surface area is 186 Å². The second-order valence-electron chi connectivity index (χ2n) is 6.97. The van der Waals surface area contributed by atoms with E-state index in [0.29, 0.717) is 23.4 Å². The SMILES string of the molecule is C=C/C=C\N=C(C)c1ccccc1C(=O)N(CC)[C@@H](C)COc1ccc(C(F)(F)F)cn1. The van der Waals surface area contributed by atoms with E-state index in [1.165, 1.54) is 6.07 Å². The van der Waals surface area contributed by atoms with E-state index in [9.17, 15) is 18.0 Å². The molecule has 170 valence electrons. The predicted molar refractivity (Wildman–Crippen MR) is 119 cm³/mol. The highest BCUT2D eigenvalue weighted by Crippen LogP contribution is 2.29. The minimum Gasteiger partial charge on any atom is -0.475 e. The number of nitrogens with zero attached hydrogens (tertiary/aromatic N) is 3. The number of alkyl halides is 3. The lowest BCUT2D eigenvalue weighted by Crippen LogP contribution is -2.42. The van der Waals surface area contributed by atoms with Crippen LogP contribution in [0.3, 0.4) is 0 Å². The molecular weight excluding hydrogens is 419 g/mol. The Morgan fingerprint density at radius 3 is 2.50 bits per heavy atom. The topological polar surface area (TPSA) is 54.8 Å². The van der Waals surface area contributed by atoms with Crippen molar-refractivity contribution in [1.82, 2.24) is 9.88 Å². The fourth-order valence-electron chi connectivity index (χ4n) is 3.01. The van der Waals surface area contributed by atoms with Gasteiger partial charge in [-0.1, -0.05) is 30.9 Å². The molecule has 2 rings (SSSR count). The average molecular weight is 445 g/mol. The number of pyridine rings is 1. The lowest BCUT2D eigenvalue weighted by molar-refractivity contribution is -0.137. The maximum atomic E-state index is 13.3. The molecule has 1 aromatic carbocycles. The first-order valence-corrected chi connectivity index (χ1v) is 10.1. The number of carbonyl (C=O) groups excluding carboxylic acids is 1. The Hall–Kier alpha value is -3.42. The van der Waals surface area contributed by atoms with Crippen molar-refractivity contribution in [3.05, 3.63) is 84.2 Å². The van der Waals surface area contributed by atoms with Gasteiger partial charge in [0.2, 0.25) is 5.88 Å². The zero-order chi connectivity index (χ0) is 23.7. The van der Waals surface area contributed by atoms with Gasteiger partial charge in [-0.25, -0.2) is 4.98 Å². The standard InChI is InChI=1S/C24H26F3N3O2/c1-5-7-14-28-18(4)20-10-8-9-11-21(20)23(31)30(6-2)17(3)16-32-22-13-12-19(15-29-22)24(25,26)27/h5,7-15,17H,1,6,16H2,2-4H3/b14-7-,28-18?/t17-/m0/s1. The van der Waals surface area contributed by atoms with Gasteiger partial charge in [0.15, 0.2) is 0 Å². The molecule has 32 heavy (non-hydrogen) atoms. The molecule has 0 saturated carbocycles. The zero-order valence-electron chi connectivity index (χ0n) is 18.3. The van der Waals surface area contributed by atoms with E-state index in [4.69, 9.17) is 4.74 Å². The minimum absolute atomic E-state index is 0.0609. The number of hydrogen-bond donors (Lipinski definition) is 0. The number of carbonyl (C=O) groups is 1. The fraction of sp³-hybridized carbons (Fsp3) is 0.292. The highest BCUT2D eigenvalue weighted by Gasteiger charge is 2.31. The molecule has 1 aromatic heterocycles. The number of ether oxygens (including phenoxy) is 1. The number of likely N-dealkylation sites (N-methyl/N-ethyl adjacent to an activating group) is 1. The molecule has 0 saturated heterocycles. The van der Waals surface area contributed by atoms with E-state index in [0.717, 1.165) is 12.3 Å². The van der Waals surface area contributed by atoms with Crippen molar-refractivity contribution in [3.63, 3.8) is 0 Å². The third kappa shape index (κ3) is 6.54. The highest BCUT2D eigenvalue weighted by atomic mass is 19.4. The van der Waals surface area contributed by atoms with Crippen molar-refractivity contribution in [1.29, 1.82) is 0 Å². The van der Waals surface area contributed by atoms with Crippen molar-refractivity contribution >= 4 is 11.6 Å². The number of aromatic nitrogens is 1. The van der Waals surface area contributed by atoms with E-state index < -0.39 is 11.7 Å². The van der Waals surface area contributed by atoms with Gasteiger partial charge in [-0.15, -0.1) is 0 Å². The summed E-state index contributed by atoms with van der Waals surface area (Å²) in [5.41, 5.74) is 1.05. The number of rotatable bonds is 9. The van der Waals surface area contributed by atoms with Gasteiger partial charge < -0.3 is 9.64 Å². The first-order chi connectivity index (χ1) is 15.2. The van der Waals surface area contributed by atoms with Gasteiger partial charge >= 0.3 is 6.18 Å². The third-order valence-electron chi connectivity index (χ3n) is 4.71. The second kappa shape index (κ2) is 11.3. The van der Waals surface area contributed by atoms with E-state index in [2.05, 4.69) is 16.6 Å². The number of allylic oxidation sites excluding steroid dienone is 2. The van der Waals surface area contributed by atoms with Crippen molar-refractivity contribution in [2.75, 3.05) is 13.2 Å². The summed E-state index contributed by atoms with van der Waals surface area (Å²) >= 11 is 0. The Kier molecular flexibility index (Phi) is 8.75. The van der Waals surface area contributed by atoms with Gasteiger partial charge in [-0.2, -0.15) is 13.2 Å². The van der Waals surface area contributed by atoms with Crippen molar-refractivity contribution in [2.24, 2.45) is 4.99 Å². The molecule has 0 aliphatic heterocycles. The molecule has 1 atom stereocenters. The van der Waals surface area contributed by atoms with Crippen LogP contribution >= 0.6 is 0 Å². The van der Waals surface area contributed by atoms with Crippen LogP contribution in [0.15, 0.2) is 72.5 Å². The molecule has 0 aliphatic carbocycles. The zero-order valence-corrected chi connectivity index (χ0v) is 18.3. The molecule has 0 fully saturated rings. The summed E-state index contributed by atoms with van der Waals surface area (Å²) in [6.45, 7) is 9.57. The molecule has 0 unspecified atom stereocenters. The van der Waals surface area contributed by atoms with E-state index in [1.54, 1.807) is 35.4 Å². The quantitative estimate of drug-likeness (QED) is 0.376. The minimum atomic E-state index is -4.46. The Balaban J connectivity index is 2.15. The molecule has 8 heteroatoms. The maximum absolute atomic E-state index is 13.3. The molecule has 0 bridgehead atoms. The van der Waals surface area contributed by atoms with Gasteiger partial charge in [0, 0.05) is 41.8 Å². The Morgan fingerprint density at radius 2 is 1.94 bits per heavy atom. The van der Waals surface area contributed by atoms with Crippen LogP contribution in [-0.2, 0) is 6.18 Å². The monoisotopic (exact) mass is 445 g/mol. The number of hydrogen-bond acceptors (Lipinski definition) is 4. The van der Waals surface area contributed by atoms with Crippen LogP contribution in [0.1, 0.15) is 42.3 Å². The average Bonchev–Trinajstić information content (AvgIpc) is 2.78. The van der Waals surface area contributed by atoms with Gasteiger partial charge in [0.1, 0.15) is 6.61 Å². The van der Waals surface area contributed by atoms with Gasteiger partial charge in [-0.3, -0.25) is 9.79 Å². The predicted octanol–water partition coefficient (Wildman–Crippen LogP) is 5.54. The second-order valence-corrected chi connectivity index (χ2v) is 6.97. The summed E-state index contributed by atoms with van der Waals surface area (Å²) in [6, 6.07) is 8.92. The Bertz CT molecular complexity index is 983. The molecule has 5 nitrogen and oxygen atoms in total. The molecule has 0 spiro atoms. The molecule has 2 aromatic rings. The Morgan fingerprint density at radius 1 is 1.25 bits per heavy atom. The van der Waals surface area contributed by atoms with E-state index >= 15 is 0 Å². The first-order valence-electron chi connectivity index (χ1n) is 10.1. The highest BCUT2D eigenvalue weighted by molar-refractivity contribution is 6.09. The van der Waals surface area contributed by atoms with E-state index in [1.807, 2.05) is 32.9 Å². The lowest BCUT2D eigenvalue weighted by atomic mass is 10.0. The van der Waals surface area contributed by atoms with Crippen molar-refractivity contribution in [2.45, 2.75) is 33.0 Å². The number of benzene rings is 1.